The Morgan fingerprint density at radius 1 is 1.67 bits per heavy atom. The van der Waals surface area contributed by atoms with Crippen molar-refractivity contribution in [2.45, 2.75) is 18.9 Å². The van der Waals surface area contributed by atoms with Gasteiger partial charge in [-0.05, 0) is 12.5 Å². The van der Waals surface area contributed by atoms with E-state index in [9.17, 15) is 4.79 Å². The summed E-state index contributed by atoms with van der Waals surface area (Å²) in [5.41, 5.74) is 0. The Hall–Kier alpha value is -1.32. The van der Waals surface area contributed by atoms with Gasteiger partial charge in [0, 0.05) is 25.4 Å². The van der Waals surface area contributed by atoms with Gasteiger partial charge in [-0.3, -0.25) is 9.48 Å². The van der Waals surface area contributed by atoms with E-state index in [1.54, 1.807) is 6.20 Å². The fourth-order valence-electron chi connectivity index (χ4n) is 1.44. The van der Waals surface area contributed by atoms with Crippen molar-refractivity contribution < 1.29 is 4.79 Å². The first-order chi connectivity index (χ1) is 5.86. The van der Waals surface area contributed by atoms with Gasteiger partial charge in [0.1, 0.15) is 0 Å². The molecule has 0 bridgehead atoms. The van der Waals surface area contributed by atoms with Crippen LogP contribution >= 0.6 is 0 Å². The molecule has 0 aliphatic carbocycles. The van der Waals surface area contributed by atoms with Crippen molar-refractivity contribution in [2.75, 3.05) is 6.54 Å². The first kappa shape index (κ1) is 7.34. The van der Waals surface area contributed by atoms with Gasteiger partial charge in [-0.25, -0.2) is 0 Å². The summed E-state index contributed by atoms with van der Waals surface area (Å²) in [5, 5.41) is 6.95. The molecule has 1 aliphatic heterocycles. The monoisotopic (exact) mass is 165 g/mol. The Morgan fingerprint density at radius 2 is 2.58 bits per heavy atom. The molecule has 1 N–H and O–H groups in total. The zero-order valence-electron chi connectivity index (χ0n) is 6.73. The molecule has 1 aromatic heterocycles. The second-order valence-electron chi connectivity index (χ2n) is 2.98. The highest BCUT2D eigenvalue weighted by Crippen LogP contribution is 2.14. The summed E-state index contributed by atoms with van der Waals surface area (Å²) < 4.78 is 1.90. The van der Waals surface area contributed by atoms with Gasteiger partial charge >= 0.3 is 0 Å². The summed E-state index contributed by atoms with van der Waals surface area (Å²) in [6, 6.07) is 2.24. The number of carbonyl (C=O) groups excluding carboxylic acids is 1. The molecular formula is C8H11N3O. The van der Waals surface area contributed by atoms with Crippen LogP contribution in [0.4, 0.5) is 0 Å². The summed E-state index contributed by atoms with van der Waals surface area (Å²) >= 11 is 0. The van der Waals surface area contributed by atoms with E-state index in [1.807, 2.05) is 16.9 Å². The largest absolute Gasteiger partial charge is 0.354 e. The Labute approximate surface area is 70.6 Å². The van der Waals surface area contributed by atoms with Gasteiger partial charge < -0.3 is 5.32 Å². The molecule has 0 saturated carbocycles. The second kappa shape index (κ2) is 2.97. The van der Waals surface area contributed by atoms with E-state index in [2.05, 4.69) is 10.4 Å². The maximum absolute atomic E-state index is 10.8. The van der Waals surface area contributed by atoms with Crippen LogP contribution in [0.25, 0.3) is 0 Å². The molecule has 2 rings (SSSR count). The van der Waals surface area contributed by atoms with E-state index in [0.29, 0.717) is 19.0 Å². The fourth-order valence-corrected chi connectivity index (χ4v) is 1.44. The molecule has 1 fully saturated rings. The number of amides is 1. The number of nitrogens with one attached hydrogen (secondary N) is 1. The van der Waals surface area contributed by atoms with Gasteiger partial charge in [0.2, 0.25) is 5.91 Å². The predicted molar refractivity (Wildman–Crippen MR) is 43.5 cm³/mol. The van der Waals surface area contributed by atoms with Gasteiger partial charge in [-0.1, -0.05) is 0 Å². The van der Waals surface area contributed by atoms with Gasteiger partial charge in [0.05, 0.1) is 6.04 Å². The van der Waals surface area contributed by atoms with Crippen molar-refractivity contribution in [3.05, 3.63) is 18.5 Å². The summed E-state index contributed by atoms with van der Waals surface area (Å²) in [6.45, 7) is 0.709. The Morgan fingerprint density at radius 3 is 3.17 bits per heavy atom. The van der Waals surface area contributed by atoms with Crippen LogP contribution in [0, 0.1) is 0 Å². The lowest BCUT2D eigenvalue weighted by Gasteiger charge is -2.22. The number of piperidine rings is 1. The smallest absolute Gasteiger partial charge is 0.220 e. The molecule has 1 atom stereocenters. The summed E-state index contributed by atoms with van der Waals surface area (Å²) in [7, 11) is 0. The third kappa shape index (κ3) is 1.32. The molecule has 1 saturated heterocycles. The zero-order chi connectivity index (χ0) is 8.39. The van der Waals surface area contributed by atoms with Gasteiger partial charge in [-0.15, -0.1) is 0 Å². The Bertz CT molecular complexity index is 258. The number of rotatable bonds is 1. The van der Waals surface area contributed by atoms with E-state index < -0.39 is 0 Å². The number of hydrogen-bond acceptors (Lipinski definition) is 2. The van der Waals surface area contributed by atoms with Crippen molar-refractivity contribution in [3.8, 4) is 0 Å². The van der Waals surface area contributed by atoms with Crippen LogP contribution < -0.4 is 5.32 Å². The lowest BCUT2D eigenvalue weighted by atomic mass is 10.1. The van der Waals surface area contributed by atoms with Gasteiger partial charge in [0.15, 0.2) is 0 Å². The molecule has 1 aliphatic rings. The Balaban J connectivity index is 2.03. The third-order valence-electron chi connectivity index (χ3n) is 2.14. The normalized spacial score (nSPS) is 23.7. The number of carbonyl (C=O) groups is 1. The molecule has 0 unspecified atom stereocenters. The first-order valence-electron chi connectivity index (χ1n) is 4.12. The lowest BCUT2D eigenvalue weighted by molar-refractivity contribution is -0.122. The van der Waals surface area contributed by atoms with E-state index >= 15 is 0 Å². The van der Waals surface area contributed by atoms with E-state index in [1.165, 1.54) is 0 Å². The minimum Gasteiger partial charge on any atom is -0.354 e. The van der Waals surface area contributed by atoms with E-state index in [4.69, 9.17) is 0 Å². The summed E-state index contributed by atoms with van der Waals surface area (Å²) in [5.74, 6) is 0.151. The molecule has 64 valence electrons. The van der Waals surface area contributed by atoms with Crippen LogP contribution in [-0.4, -0.2) is 22.2 Å². The highest BCUT2D eigenvalue weighted by atomic mass is 16.1. The molecule has 1 aromatic rings. The molecule has 1 amide bonds. The minimum absolute atomic E-state index is 0.151. The molecule has 12 heavy (non-hydrogen) atoms. The number of hydrogen-bond donors (Lipinski definition) is 1. The average Bonchev–Trinajstić information content (AvgIpc) is 2.58. The van der Waals surface area contributed by atoms with Crippen molar-refractivity contribution in [3.63, 3.8) is 0 Å². The maximum atomic E-state index is 10.8. The van der Waals surface area contributed by atoms with Crippen LogP contribution in [0.15, 0.2) is 18.5 Å². The van der Waals surface area contributed by atoms with Crippen LogP contribution in [0.1, 0.15) is 18.9 Å². The van der Waals surface area contributed by atoms with Gasteiger partial charge in [0.25, 0.3) is 0 Å². The average molecular weight is 165 g/mol. The van der Waals surface area contributed by atoms with E-state index in [0.717, 1.165) is 6.42 Å². The van der Waals surface area contributed by atoms with Crippen molar-refractivity contribution >= 4 is 5.91 Å². The molecule has 0 aromatic carbocycles. The minimum atomic E-state index is 0.151. The number of aromatic nitrogens is 2. The van der Waals surface area contributed by atoms with Crippen LogP contribution in [0.2, 0.25) is 0 Å². The van der Waals surface area contributed by atoms with Gasteiger partial charge in [-0.2, -0.15) is 5.10 Å². The highest BCUT2D eigenvalue weighted by Gasteiger charge is 2.18. The summed E-state index contributed by atoms with van der Waals surface area (Å²) in [6.07, 6.45) is 5.20. The maximum Gasteiger partial charge on any atom is 0.220 e. The third-order valence-corrected chi connectivity index (χ3v) is 2.14. The van der Waals surface area contributed by atoms with Crippen LogP contribution in [-0.2, 0) is 4.79 Å². The summed E-state index contributed by atoms with van der Waals surface area (Å²) in [4.78, 5) is 10.8. The standard InChI is InChI=1S/C8H11N3O/c12-8-3-2-7(6-9-8)11-5-1-4-10-11/h1,4-5,7H,2-3,6H2,(H,9,12)/t7-/m1/s1. The molecule has 4 nitrogen and oxygen atoms in total. The lowest BCUT2D eigenvalue weighted by Crippen LogP contribution is -2.36. The van der Waals surface area contributed by atoms with Crippen LogP contribution in [0.3, 0.4) is 0 Å². The molecule has 2 heterocycles. The van der Waals surface area contributed by atoms with Crippen molar-refractivity contribution in [2.24, 2.45) is 0 Å². The molecule has 4 heteroatoms. The van der Waals surface area contributed by atoms with Crippen molar-refractivity contribution in [1.29, 1.82) is 0 Å². The zero-order valence-corrected chi connectivity index (χ0v) is 6.73. The first-order valence-corrected chi connectivity index (χ1v) is 4.12. The molecule has 0 spiro atoms. The SMILES string of the molecule is O=C1CC[C@@H](n2cccn2)CN1. The topological polar surface area (TPSA) is 46.9 Å². The van der Waals surface area contributed by atoms with E-state index in [-0.39, 0.29) is 5.91 Å². The van der Waals surface area contributed by atoms with Crippen molar-refractivity contribution in [1.82, 2.24) is 15.1 Å². The molecule has 0 radical (unpaired) electrons. The quantitative estimate of drug-likeness (QED) is 0.652. The fraction of sp³-hybridized carbons (Fsp3) is 0.500. The number of nitrogens with zero attached hydrogens (tertiary/aromatic N) is 2. The Kier molecular flexibility index (Phi) is 1.81. The second-order valence-corrected chi connectivity index (χ2v) is 2.98. The highest BCUT2D eigenvalue weighted by molar-refractivity contribution is 5.76. The molecular weight excluding hydrogens is 154 g/mol. The predicted octanol–water partition coefficient (Wildman–Crippen LogP) is 0.334. The van der Waals surface area contributed by atoms with Crippen LogP contribution in [0.5, 0.6) is 0 Å².